The largest absolute Gasteiger partial charge is 0.334 e. The van der Waals surface area contributed by atoms with E-state index in [4.69, 9.17) is 0 Å². The molecular formula is C11H14N2O. The fraction of sp³-hybridized carbons (Fsp3) is 0.182. The number of amides is 2. The number of hydrogen-bond acceptors (Lipinski definition) is 1. The molecule has 3 heteroatoms. The molecular weight excluding hydrogens is 176 g/mol. The lowest BCUT2D eigenvalue weighted by molar-refractivity contribution is 0.248. The van der Waals surface area contributed by atoms with Crippen LogP contribution in [0.1, 0.15) is 0 Å². The average Bonchev–Trinajstić information content (AvgIpc) is 2.26. The Morgan fingerprint density at radius 2 is 2.14 bits per heavy atom. The number of benzene rings is 1. The van der Waals surface area contributed by atoms with Gasteiger partial charge < -0.3 is 5.32 Å². The highest BCUT2D eigenvalue weighted by molar-refractivity contribution is 5.91. The van der Waals surface area contributed by atoms with E-state index in [-0.39, 0.29) is 6.03 Å². The highest BCUT2D eigenvalue weighted by Crippen LogP contribution is 2.10. The van der Waals surface area contributed by atoms with Crippen molar-refractivity contribution in [3.8, 4) is 0 Å². The summed E-state index contributed by atoms with van der Waals surface area (Å²) in [6.45, 7) is 4.01. The van der Waals surface area contributed by atoms with Crippen molar-refractivity contribution in [2.24, 2.45) is 0 Å². The first-order valence-electron chi connectivity index (χ1n) is 4.43. The SMILES string of the molecule is C=CCNC(=O)N(C)c1ccccc1. The molecule has 0 unspecified atom stereocenters. The summed E-state index contributed by atoms with van der Waals surface area (Å²) in [5.41, 5.74) is 0.870. The molecule has 0 saturated carbocycles. The molecule has 14 heavy (non-hydrogen) atoms. The molecule has 0 fully saturated rings. The zero-order valence-corrected chi connectivity index (χ0v) is 8.23. The van der Waals surface area contributed by atoms with E-state index < -0.39 is 0 Å². The second kappa shape index (κ2) is 5.07. The Balaban J connectivity index is 2.61. The monoisotopic (exact) mass is 190 g/mol. The summed E-state index contributed by atoms with van der Waals surface area (Å²) in [7, 11) is 1.73. The Morgan fingerprint density at radius 1 is 1.50 bits per heavy atom. The molecule has 0 bridgehead atoms. The standard InChI is InChI=1S/C11H14N2O/c1-3-9-12-11(14)13(2)10-7-5-4-6-8-10/h3-8H,1,9H2,2H3,(H,12,14). The molecule has 1 aromatic rings. The van der Waals surface area contributed by atoms with Gasteiger partial charge in [0.1, 0.15) is 0 Å². The summed E-state index contributed by atoms with van der Waals surface area (Å²) >= 11 is 0. The van der Waals surface area contributed by atoms with Crippen molar-refractivity contribution in [1.82, 2.24) is 5.32 Å². The van der Waals surface area contributed by atoms with Gasteiger partial charge in [0.2, 0.25) is 0 Å². The van der Waals surface area contributed by atoms with Crippen LogP contribution in [-0.2, 0) is 0 Å². The van der Waals surface area contributed by atoms with Gasteiger partial charge in [0, 0.05) is 19.3 Å². The summed E-state index contributed by atoms with van der Waals surface area (Å²) < 4.78 is 0. The van der Waals surface area contributed by atoms with Crippen LogP contribution in [0, 0.1) is 0 Å². The number of para-hydroxylation sites is 1. The van der Waals surface area contributed by atoms with E-state index in [9.17, 15) is 4.79 Å². The van der Waals surface area contributed by atoms with Crippen LogP contribution >= 0.6 is 0 Å². The maximum Gasteiger partial charge on any atom is 0.321 e. The van der Waals surface area contributed by atoms with Crippen LogP contribution < -0.4 is 10.2 Å². The Bertz CT molecular complexity index is 308. The number of nitrogens with zero attached hydrogens (tertiary/aromatic N) is 1. The first-order chi connectivity index (χ1) is 6.75. The third-order valence-electron chi connectivity index (χ3n) is 1.85. The first kappa shape index (κ1) is 10.3. The van der Waals surface area contributed by atoms with Gasteiger partial charge in [-0.05, 0) is 12.1 Å². The Hall–Kier alpha value is -1.77. The molecule has 0 aliphatic carbocycles. The molecule has 0 aliphatic heterocycles. The topological polar surface area (TPSA) is 32.3 Å². The van der Waals surface area contributed by atoms with Gasteiger partial charge >= 0.3 is 6.03 Å². The summed E-state index contributed by atoms with van der Waals surface area (Å²) in [4.78, 5) is 13.0. The molecule has 0 radical (unpaired) electrons. The second-order valence-electron chi connectivity index (χ2n) is 2.87. The lowest BCUT2D eigenvalue weighted by Crippen LogP contribution is -2.37. The number of hydrogen-bond donors (Lipinski definition) is 1. The minimum Gasteiger partial charge on any atom is -0.334 e. The van der Waals surface area contributed by atoms with Gasteiger partial charge in [0.05, 0.1) is 0 Å². The molecule has 1 aromatic carbocycles. The summed E-state index contributed by atoms with van der Waals surface area (Å²) in [5.74, 6) is 0. The summed E-state index contributed by atoms with van der Waals surface area (Å²) in [6, 6.07) is 9.34. The zero-order chi connectivity index (χ0) is 10.4. The van der Waals surface area contributed by atoms with E-state index in [0.717, 1.165) is 5.69 Å². The van der Waals surface area contributed by atoms with Gasteiger partial charge in [0.25, 0.3) is 0 Å². The van der Waals surface area contributed by atoms with E-state index in [2.05, 4.69) is 11.9 Å². The minimum atomic E-state index is -0.129. The van der Waals surface area contributed by atoms with Gasteiger partial charge in [-0.25, -0.2) is 4.79 Å². The van der Waals surface area contributed by atoms with E-state index >= 15 is 0 Å². The fourth-order valence-corrected chi connectivity index (χ4v) is 1.05. The molecule has 3 nitrogen and oxygen atoms in total. The molecule has 0 heterocycles. The number of anilines is 1. The number of urea groups is 1. The quantitative estimate of drug-likeness (QED) is 0.726. The molecule has 1 rings (SSSR count). The Kier molecular flexibility index (Phi) is 3.73. The van der Waals surface area contributed by atoms with Crippen molar-refractivity contribution >= 4 is 11.7 Å². The van der Waals surface area contributed by atoms with Crippen molar-refractivity contribution in [3.63, 3.8) is 0 Å². The molecule has 2 amide bonds. The lowest BCUT2D eigenvalue weighted by atomic mass is 10.3. The van der Waals surface area contributed by atoms with E-state index in [0.29, 0.717) is 6.54 Å². The zero-order valence-electron chi connectivity index (χ0n) is 8.23. The van der Waals surface area contributed by atoms with Crippen molar-refractivity contribution in [3.05, 3.63) is 43.0 Å². The predicted octanol–water partition coefficient (Wildman–Crippen LogP) is 2.02. The highest BCUT2D eigenvalue weighted by Gasteiger charge is 2.07. The molecule has 74 valence electrons. The van der Waals surface area contributed by atoms with Crippen molar-refractivity contribution < 1.29 is 4.79 Å². The van der Waals surface area contributed by atoms with Crippen LogP contribution in [-0.4, -0.2) is 19.6 Å². The van der Waals surface area contributed by atoms with Crippen molar-refractivity contribution in [1.29, 1.82) is 0 Å². The van der Waals surface area contributed by atoms with E-state index in [1.54, 1.807) is 18.0 Å². The predicted molar refractivity (Wildman–Crippen MR) is 58.4 cm³/mol. The minimum absolute atomic E-state index is 0.129. The molecule has 0 saturated heterocycles. The van der Waals surface area contributed by atoms with Gasteiger partial charge in [0.15, 0.2) is 0 Å². The molecule has 0 atom stereocenters. The lowest BCUT2D eigenvalue weighted by Gasteiger charge is -2.17. The molecule has 0 spiro atoms. The van der Waals surface area contributed by atoms with Crippen LogP contribution in [0.15, 0.2) is 43.0 Å². The molecule has 0 aromatic heterocycles. The van der Waals surface area contributed by atoms with E-state index in [1.807, 2.05) is 30.3 Å². The highest BCUT2D eigenvalue weighted by atomic mass is 16.2. The van der Waals surface area contributed by atoms with Gasteiger partial charge in [-0.1, -0.05) is 24.3 Å². The van der Waals surface area contributed by atoms with Crippen LogP contribution in [0.25, 0.3) is 0 Å². The Labute approximate surface area is 84.0 Å². The van der Waals surface area contributed by atoms with Gasteiger partial charge in [-0.3, -0.25) is 4.90 Å². The fourth-order valence-electron chi connectivity index (χ4n) is 1.05. The normalized spacial score (nSPS) is 9.21. The van der Waals surface area contributed by atoms with Gasteiger partial charge in [-0.2, -0.15) is 0 Å². The Morgan fingerprint density at radius 3 is 2.71 bits per heavy atom. The smallest absolute Gasteiger partial charge is 0.321 e. The van der Waals surface area contributed by atoms with Crippen LogP contribution in [0.4, 0.5) is 10.5 Å². The second-order valence-corrected chi connectivity index (χ2v) is 2.87. The van der Waals surface area contributed by atoms with E-state index in [1.165, 1.54) is 0 Å². The van der Waals surface area contributed by atoms with Crippen LogP contribution in [0.2, 0.25) is 0 Å². The van der Waals surface area contributed by atoms with Crippen LogP contribution in [0.5, 0.6) is 0 Å². The molecule has 1 N–H and O–H groups in total. The number of carbonyl (C=O) groups excluding carboxylic acids is 1. The molecule has 0 aliphatic rings. The third-order valence-corrected chi connectivity index (χ3v) is 1.85. The maximum atomic E-state index is 11.5. The van der Waals surface area contributed by atoms with Gasteiger partial charge in [-0.15, -0.1) is 6.58 Å². The summed E-state index contributed by atoms with van der Waals surface area (Å²) in [6.07, 6.45) is 1.65. The third kappa shape index (κ3) is 2.62. The number of rotatable bonds is 3. The van der Waals surface area contributed by atoms with Crippen molar-refractivity contribution in [2.45, 2.75) is 0 Å². The number of nitrogens with one attached hydrogen (secondary N) is 1. The number of carbonyl (C=O) groups is 1. The average molecular weight is 190 g/mol. The van der Waals surface area contributed by atoms with Crippen LogP contribution in [0.3, 0.4) is 0 Å². The maximum absolute atomic E-state index is 11.5. The first-order valence-corrected chi connectivity index (χ1v) is 4.43. The summed E-state index contributed by atoms with van der Waals surface area (Å²) in [5, 5.41) is 2.70. The van der Waals surface area contributed by atoms with Crippen molar-refractivity contribution in [2.75, 3.05) is 18.5 Å².